The Labute approximate surface area is 205 Å². The van der Waals surface area contributed by atoms with Crippen LogP contribution in [0.5, 0.6) is 0 Å². The summed E-state index contributed by atoms with van der Waals surface area (Å²) in [6.07, 6.45) is 11.1. The van der Waals surface area contributed by atoms with E-state index in [2.05, 4.69) is 41.3 Å². The van der Waals surface area contributed by atoms with Crippen molar-refractivity contribution in [2.24, 2.45) is 0 Å². The first-order chi connectivity index (χ1) is 17.1. The number of H-pyrrole nitrogens is 1. The van der Waals surface area contributed by atoms with Crippen molar-refractivity contribution < 1.29 is 4.79 Å². The van der Waals surface area contributed by atoms with Gasteiger partial charge in [-0.1, -0.05) is 0 Å². The van der Waals surface area contributed by atoms with Crippen molar-refractivity contribution >= 4 is 33.5 Å². The molecule has 12 heteroatoms. The van der Waals surface area contributed by atoms with Crippen LogP contribution in [-0.2, 0) is 5.54 Å². The molecule has 0 spiro atoms. The number of anilines is 1. The van der Waals surface area contributed by atoms with Crippen LogP contribution in [0.3, 0.4) is 0 Å². The Kier molecular flexibility index (Phi) is 5.43. The number of amides is 2. The number of urea groups is 1. The van der Waals surface area contributed by atoms with E-state index in [0.29, 0.717) is 30.7 Å². The maximum Gasteiger partial charge on any atom is 0.323 e. The number of nitrogens with one attached hydrogen (secondary N) is 2. The third kappa shape index (κ3) is 3.92. The van der Waals surface area contributed by atoms with E-state index in [9.17, 15) is 10.1 Å². The first kappa shape index (κ1) is 21.7. The average Bonchev–Trinajstić information content (AvgIpc) is 3.63. The number of thiazole rings is 1. The van der Waals surface area contributed by atoms with E-state index in [-0.39, 0.29) is 11.6 Å². The zero-order valence-corrected chi connectivity index (χ0v) is 19.8. The van der Waals surface area contributed by atoms with E-state index in [1.165, 1.54) is 11.3 Å². The van der Waals surface area contributed by atoms with Crippen LogP contribution in [0.15, 0.2) is 42.6 Å². The number of likely N-dealkylation sites (tertiary alicyclic amines) is 2. The van der Waals surface area contributed by atoms with E-state index in [1.807, 2.05) is 39.6 Å². The number of hydrogen-bond donors (Lipinski definition) is 2. The lowest BCUT2D eigenvalue weighted by atomic mass is 9.84. The van der Waals surface area contributed by atoms with Crippen LogP contribution in [0.2, 0.25) is 0 Å². The summed E-state index contributed by atoms with van der Waals surface area (Å²) in [5, 5.41) is 20.5. The Balaban J connectivity index is 1.11. The van der Waals surface area contributed by atoms with Gasteiger partial charge in [0.1, 0.15) is 17.5 Å². The minimum atomic E-state index is -0.351. The van der Waals surface area contributed by atoms with Crippen LogP contribution in [-0.4, -0.2) is 77.8 Å². The number of fused-ring (bicyclic) bond motifs is 1. The van der Waals surface area contributed by atoms with Gasteiger partial charge >= 0.3 is 6.03 Å². The first-order valence-electron chi connectivity index (χ1n) is 11.6. The van der Waals surface area contributed by atoms with Crippen molar-refractivity contribution in [2.75, 3.05) is 31.5 Å². The van der Waals surface area contributed by atoms with Crippen LogP contribution in [0.25, 0.3) is 22.3 Å². The lowest BCUT2D eigenvalue weighted by molar-refractivity contribution is -0.0399. The molecule has 2 saturated heterocycles. The number of aromatic amines is 1. The van der Waals surface area contributed by atoms with Gasteiger partial charge < -0.3 is 9.88 Å². The molecular formula is C23H24N10OS. The summed E-state index contributed by atoms with van der Waals surface area (Å²) < 4.78 is 1.94. The van der Waals surface area contributed by atoms with Gasteiger partial charge in [0.2, 0.25) is 0 Å². The standard InChI is InChI=1S/C23H24N10OS/c24-5-4-23(33-12-16(11-29-33)19-18-1-6-25-20(18)28-15-27-19)13-32(14-23)17-2-8-31(9-3-17)22(34)30-21-26-7-10-35-21/h1,6-7,10-12,15,17H,2-4,8-9,13-14H2,(H,25,27,28)(H,26,30,34). The van der Waals surface area contributed by atoms with E-state index >= 15 is 0 Å². The molecule has 4 aromatic heterocycles. The molecule has 0 saturated carbocycles. The zero-order chi connectivity index (χ0) is 23.8. The molecule has 2 fully saturated rings. The summed E-state index contributed by atoms with van der Waals surface area (Å²) in [7, 11) is 0. The number of carbonyl (C=O) groups excluding carboxylic acids is 1. The van der Waals surface area contributed by atoms with Crippen molar-refractivity contribution in [3.63, 3.8) is 0 Å². The molecular weight excluding hydrogens is 464 g/mol. The summed E-state index contributed by atoms with van der Waals surface area (Å²) in [5.41, 5.74) is 2.17. The van der Waals surface area contributed by atoms with Crippen LogP contribution < -0.4 is 5.32 Å². The average molecular weight is 489 g/mol. The number of hydrogen-bond acceptors (Lipinski definition) is 8. The molecule has 2 N–H and O–H groups in total. The van der Waals surface area contributed by atoms with Gasteiger partial charge in [0.05, 0.1) is 24.4 Å². The molecule has 2 amide bonds. The lowest BCUT2D eigenvalue weighted by Crippen LogP contribution is -2.66. The van der Waals surface area contributed by atoms with Gasteiger partial charge in [-0.15, -0.1) is 11.3 Å². The van der Waals surface area contributed by atoms with E-state index in [4.69, 9.17) is 0 Å². The molecule has 2 aliphatic heterocycles. The highest BCUT2D eigenvalue weighted by Crippen LogP contribution is 2.37. The smallest absolute Gasteiger partial charge is 0.323 e. The van der Waals surface area contributed by atoms with E-state index in [1.54, 1.807) is 12.5 Å². The van der Waals surface area contributed by atoms with Gasteiger partial charge in [0, 0.05) is 67.1 Å². The Morgan fingerprint density at radius 3 is 2.91 bits per heavy atom. The number of aromatic nitrogens is 6. The maximum absolute atomic E-state index is 12.5. The molecule has 2 aliphatic rings. The molecule has 0 atom stereocenters. The second-order valence-electron chi connectivity index (χ2n) is 9.09. The Hall–Kier alpha value is -3.82. The molecule has 0 aliphatic carbocycles. The molecule has 6 rings (SSSR count). The molecule has 11 nitrogen and oxygen atoms in total. The minimum absolute atomic E-state index is 0.0915. The summed E-state index contributed by atoms with van der Waals surface area (Å²) >= 11 is 1.42. The Bertz CT molecular complexity index is 1370. The molecule has 0 unspecified atom stereocenters. The minimum Gasteiger partial charge on any atom is -0.346 e. The van der Waals surface area contributed by atoms with Gasteiger partial charge in [0.25, 0.3) is 0 Å². The number of carbonyl (C=O) groups is 1. The third-order valence-corrected chi connectivity index (χ3v) is 7.70. The molecule has 6 heterocycles. The largest absolute Gasteiger partial charge is 0.346 e. The van der Waals surface area contributed by atoms with Crippen molar-refractivity contribution in [3.8, 4) is 17.3 Å². The number of piperidine rings is 1. The fraction of sp³-hybridized carbons (Fsp3) is 0.391. The van der Waals surface area contributed by atoms with Crippen LogP contribution in [0, 0.1) is 11.3 Å². The van der Waals surface area contributed by atoms with Gasteiger partial charge in [-0.3, -0.25) is 14.9 Å². The summed E-state index contributed by atoms with van der Waals surface area (Å²) in [6, 6.07) is 4.63. The summed E-state index contributed by atoms with van der Waals surface area (Å²) in [5.74, 6) is 0. The fourth-order valence-corrected chi connectivity index (χ4v) is 5.67. The van der Waals surface area contributed by atoms with Crippen LogP contribution >= 0.6 is 11.3 Å². The monoisotopic (exact) mass is 488 g/mol. The highest BCUT2D eigenvalue weighted by Gasteiger charge is 2.48. The molecule has 35 heavy (non-hydrogen) atoms. The number of nitriles is 1. The number of rotatable bonds is 5. The third-order valence-electron chi connectivity index (χ3n) is 7.01. The SMILES string of the molecule is N#CCC1(n2cc(-c3ncnc4[nH]ccc34)cn2)CN(C2CCN(C(=O)Nc3nccs3)CC2)C1. The molecule has 0 radical (unpaired) electrons. The topological polar surface area (TPSA) is 132 Å². The summed E-state index contributed by atoms with van der Waals surface area (Å²) in [4.78, 5) is 32.7. The highest BCUT2D eigenvalue weighted by atomic mass is 32.1. The van der Waals surface area contributed by atoms with Crippen molar-refractivity contribution in [1.29, 1.82) is 5.26 Å². The van der Waals surface area contributed by atoms with Crippen molar-refractivity contribution in [3.05, 3.63) is 42.6 Å². The van der Waals surface area contributed by atoms with Crippen molar-refractivity contribution in [2.45, 2.75) is 30.8 Å². The zero-order valence-electron chi connectivity index (χ0n) is 19.0. The second-order valence-corrected chi connectivity index (χ2v) is 9.98. The van der Waals surface area contributed by atoms with E-state index < -0.39 is 0 Å². The van der Waals surface area contributed by atoms with Crippen LogP contribution in [0.4, 0.5) is 9.93 Å². The first-order valence-corrected chi connectivity index (χ1v) is 12.4. The van der Waals surface area contributed by atoms with Gasteiger partial charge in [-0.2, -0.15) is 10.4 Å². The number of nitrogens with zero attached hydrogens (tertiary/aromatic N) is 8. The normalized spacial score (nSPS) is 18.3. The highest BCUT2D eigenvalue weighted by molar-refractivity contribution is 7.13. The van der Waals surface area contributed by atoms with Gasteiger partial charge in [0.15, 0.2) is 5.13 Å². The lowest BCUT2D eigenvalue weighted by Gasteiger charge is -2.53. The van der Waals surface area contributed by atoms with Crippen molar-refractivity contribution in [1.82, 2.24) is 39.5 Å². The van der Waals surface area contributed by atoms with Crippen LogP contribution in [0.1, 0.15) is 19.3 Å². The quantitative estimate of drug-likeness (QED) is 0.441. The molecule has 0 bridgehead atoms. The van der Waals surface area contributed by atoms with E-state index in [0.717, 1.165) is 48.2 Å². The molecule has 0 aromatic carbocycles. The maximum atomic E-state index is 12.5. The summed E-state index contributed by atoms with van der Waals surface area (Å²) in [6.45, 7) is 2.94. The van der Waals surface area contributed by atoms with Gasteiger partial charge in [-0.25, -0.2) is 19.7 Å². The second kappa shape index (κ2) is 8.75. The van der Waals surface area contributed by atoms with Gasteiger partial charge in [-0.05, 0) is 18.9 Å². The molecule has 4 aromatic rings. The predicted octanol–water partition coefficient (Wildman–Crippen LogP) is 2.90. The predicted molar refractivity (Wildman–Crippen MR) is 131 cm³/mol. The fourth-order valence-electron chi connectivity index (χ4n) is 5.15. The Morgan fingerprint density at radius 1 is 1.29 bits per heavy atom. The Morgan fingerprint density at radius 2 is 2.14 bits per heavy atom. The molecule has 178 valence electrons.